The van der Waals surface area contributed by atoms with Gasteiger partial charge in [-0.05, 0) is 55.5 Å². The molecule has 0 aromatic heterocycles. The van der Waals surface area contributed by atoms with Crippen LogP contribution in [0, 0.1) is 5.92 Å². The van der Waals surface area contributed by atoms with Gasteiger partial charge >= 0.3 is 0 Å². The lowest BCUT2D eigenvalue weighted by atomic mass is 9.96. The van der Waals surface area contributed by atoms with E-state index in [0.29, 0.717) is 5.92 Å². The van der Waals surface area contributed by atoms with E-state index in [1.165, 1.54) is 18.4 Å². The Morgan fingerprint density at radius 2 is 1.83 bits per heavy atom. The molecule has 1 saturated heterocycles. The number of methoxy groups -OCH3 is 1. The third-order valence-electron chi connectivity index (χ3n) is 5.99. The molecule has 1 aliphatic heterocycles. The zero-order chi connectivity index (χ0) is 21.5. The molecular weight excluding hydrogens is 374 g/mol. The first kappa shape index (κ1) is 22.2. The van der Waals surface area contributed by atoms with Crippen molar-refractivity contribution in [1.29, 1.82) is 0 Å². The smallest absolute Gasteiger partial charge is 0.255 e. The van der Waals surface area contributed by atoms with Crippen molar-refractivity contribution < 1.29 is 9.53 Å². The van der Waals surface area contributed by atoms with Crippen LogP contribution in [0.4, 0.5) is 5.69 Å². The molecular formula is C25H35N3O2. The average Bonchev–Trinajstić information content (AvgIpc) is 2.77. The molecule has 5 heteroatoms. The molecule has 0 radical (unpaired) electrons. The van der Waals surface area contributed by atoms with E-state index in [1.807, 2.05) is 67.3 Å². The second-order valence-electron chi connectivity index (χ2n) is 8.47. The van der Waals surface area contributed by atoms with Gasteiger partial charge < -0.3 is 19.4 Å². The van der Waals surface area contributed by atoms with Crippen molar-refractivity contribution in [2.75, 3.05) is 59.3 Å². The highest BCUT2D eigenvalue weighted by atomic mass is 16.5. The number of anilines is 1. The summed E-state index contributed by atoms with van der Waals surface area (Å²) in [6.07, 6.45) is 3.35. The lowest BCUT2D eigenvalue weighted by Crippen LogP contribution is -2.42. The minimum atomic E-state index is 0.102. The molecule has 3 rings (SSSR count). The Labute approximate surface area is 181 Å². The molecule has 0 saturated carbocycles. The fourth-order valence-corrected chi connectivity index (χ4v) is 4.41. The molecule has 1 fully saturated rings. The van der Waals surface area contributed by atoms with Gasteiger partial charge in [-0.2, -0.15) is 0 Å². The molecule has 0 N–H and O–H groups in total. The van der Waals surface area contributed by atoms with Crippen molar-refractivity contribution in [3.8, 4) is 5.75 Å². The second kappa shape index (κ2) is 10.5. The maximum Gasteiger partial charge on any atom is 0.255 e. The number of nitrogens with zero attached hydrogens (tertiary/aromatic N) is 3. The number of ether oxygens (including phenoxy) is 1. The summed E-state index contributed by atoms with van der Waals surface area (Å²) >= 11 is 0. The number of carbonyl (C=O) groups excluding carboxylic acids is 1. The predicted molar refractivity (Wildman–Crippen MR) is 124 cm³/mol. The molecule has 0 spiro atoms. The third-order valence-corrected chi connectivity index (χ3v) is 5.99. The molecule has 1 heterocycles. The van der Waals surface area contributed by atoms with E-state index < -0.39 is 0 Å². The molecule has 1 atom stereocenters. The van der Waals surface area contributed by atoms with E-state index in [9.17, 15) is 4.79 Å². The molecule has 162 valence electrons. The topological polar surface area (TPSA) is 36.0 Å². The fraction of sp³-hybridized carbons (Fsp3) is 0.480. The highest BCUT2D eigenvalue weighted by Crippen LogP contribution is 2.23. The van der Waals surface area contributed by atoms with Crippen LogP contribution in [0.15, 0.2) is 48.5 Å². The molecule has 5 nitrogen and oxygen atoms in total. The summed E-state index contributed by atoms with van der Waals surface area (Å²) in [5.41, 5.74) is 3.00. The molecule has 0 aliphatic carbocycles. The molecule has 0 bridgehead atoms. The Hall–Kier alpha value is -2.53. The zero-order valence-electron chi connectivity index (χ0n) is 18.8. The van der Waals surface area contributed by atoms with Crippen LogP contribution in [0.25, 0.3) is 0 Å². The first-order chi connectivity index (χ1) is 14.5. The molecule has 2 aromatic carbocycles. The summed E-state index contributed by atoms with van der Waals surface area (Å²) in [5.74, 6) is 1.58. The van der Waals surface area contributed by atoms with E-state index in [0.717, 1.165) is 49.6 Å². The number of piperidine rings is 1. The van der Waals surface area contributed by atoms with Crippen LogP contribution in [0.1, 0.15) is 28.8 Å². The maximum absolute atomic E-state index is 13.1. The number of hydrogen-bond donors (Lipinski definition) is 0. The molecule has 30 heavy (non-hydrogen) atoms. The van der Waals surface area contributed by atoms with E-state index in [1.54, 1.807) is 7.11 Å². The van der Waals surface area contributed by atoms with E-state index in [-0.39, 0.29) is 5.91 Å². The summed E-state index contributed by atoms with van der Waals surface area (Å²) in [6.45, 7) is 4.00. The number of likely N-dealkylation sites (tertiary alicyclic amines) is 1. The van der Waals surface area contributed by atoms with Gasteiger partial charge in [-0.25, -0.2) is 0 Å². The summed E-state index contributed by atoms with van der Waals surface area (Å²) in [5, 5.41) is 0. The van der Waals surface area contributed by atoms with Gasteiger partial charge in [-0.3, -0.25) is 4.79 Å². The van der Waals surface area contributed by atoms with Crippen LogP contribution in [0.3, 0.4) is 0 Å². The highest BCUT2D eigenvalue weighted by Gasteiger charge is 2.24. The Kier molecular flexibility index (Phi) is 7.75. The SMILES string of the molecule is COc1ccccc1CCN1CCC[C@H](CN(C)C(=O)c2ccccc2N(C)C)C1. The Bertz CT molecular complexity index is 837. The van der Waals surface area contributed by atoms with E-state index >= 15 is 0 Å². The Morgan fingerprint density at radius 3 is 2.60 bits per heavy atom. The van der Waals surface area contributed by atoms with Crippen molar-refractivity contribution in [2.24, 2.45) is 5.92 Å². The van der Waals surface area contributed by atoms with Gasteiger partial charge in [0.05, 0.1) is 12.7 Å². The minimum Gasteiger partial charge on any atom is -0.496 e. The lowest BCUT2D eigenvalue weighted by Gasteiger charge is -2.35. The molecule has 1 aliphatic rings. The van der Waals surface area contributed by atoms with E-state index in [4.69, 9.17) is 4.74 Å². The third kappa shape index (κ3) is 5.54. The van der Waals surface area contributed by atoms with Crippen molar-refractivity contribution >= 4 is 11.6 Å². The Balaban J connectivity index is 1.56. The fourth-order valence-electron chi connectivity index (χ4n) is 4.41. The number of carbonyl (C=O) groups is 1. The van der Waals surface area contributed by atoms with Crippen LogP contribution in [-0.2, 0) is 6.42 Å². The molecule has 2 aromatic rings. The number of hydrogen-bond acceptors (Lipinski definition) is 4. The summed E-state index contributed by atoms with van der Waals surface area (Å²) in [6, 6.07) is 16.1. The quantitative estimate of drug-likeness (QED) is 0.665. The van der Waals surface area contributed by atoms with Crippen molar-refractivity contribution in [2.45, 2.75) is 19.3 Å². The monoisotopic (exact) mass is 409 g/mol. The van der Waals surface area contributed by atoms with Gasteiger partial charge in [0.2, 0.25) is 0 Å². The molecule has 0 unspecified atom stereocenters. The van der Waals surface area contributed by atoms with Crippen LogP contribution < -0.4 is 9.64 Å². The van der Waals surface area contributed by atoms with Crippen molar-refractivity contribution in [3.05, 3.63) is 59.7 Å². The van der Waals surface area contributed by atoms with Crippen molar-refractivity contribution in [1.82, 2.24) is 9.80 Å². The average molecular weight is 410 g/mol. The van der Waals surface area contributed by atoms with Crippen molar-refractivity contribution in [3.63, 3.8) is 0 Å². The van der Waals surface area contributed by atoms with Crippen LogP contribution in [-0.4, -0.2) is 70.1 Å². The summed E-state index contributed by atoms with van der Waals surface area (Å²) in [4.78, 5) is 19.5. The lowest BCUT2D eigenvalue weighted by molar-refractivity contribution is 0.0731. The largest absolute Gasteiger partial charge is 0.496 e. The van der Waals surface area contributed by atoms with Gasteiger partial charge in [-0.1, -0.05) is 30.3 Å². The van der Waals surface area contributed by atoms with Crippen LogP contribution in [0.5, 0.6) is 5.75 Å². The van der Waals surface area contributed by atoms with Gasteiger partial charge in [0.1, 0.15) is 5.75 Å². The highest BCUT2D eigenvalue weighted by molar-refractivity contribution is 5.99. The van der Waals surface area contributed by atoms with Crippen LogP contribution in [0.2, 0.25) is 0 Å². The summed E-state index contributed by atoms with van der Waals surface area (Å²) < 4.78 is 5.49. The molecule has 1 amide bonds. The minimum absolute atomic E-state index is 0.102. The predicted octanol–water partition coefficient (Wildman–Crippen LogP) is 3.79. The standard InChI is InChI=1S/C25H35N3O2/c1-26(2)23-13-7-6-12-22(23)25(29)27(3)18-20-10-9-16-28(19-20)17-15-21-11-5-8-14-24(21)30-4/h5-8,11-14,20H,9-10,15-19H2,1-4H3/t20-/m1/s1. The normalized spacial score (nSPS) is 16.9. The van der Waals surface area contributed by atoms with Gasteiger partial charge in [0.25, 0.3) is 5.91 Å². The zero-order valence-corrected chi connectivity index (χ0v) is 18.8. The Morgan fingerprint density at radius 1 is 1.10 bits per heavy atom. The maximum atomic E-state index is 13.1. The number of amides is 1. The van der Waals surface area contributed by atoms with Gasteiger partial charge in [0.15, 0.2) is 0 Å². The first-order valence-corrected chi connectivity index (χ1v) is 10.9. The number of rotatable bonds is 8. The number of para-hydroxylation sites is 2. The van der Waals surface area contributed by atoms with Gasteiger partial charge in [0, 0.05) is 46.5 Å². The van der Waals surface area contributed by atoms with Crippen LogP contribution >= 0.6 is 0 Å². The van der Waals surface area contributed by atoms with Gasteiger partial charge in [-0.15, -0.1) is 0 Å². The number of benzene rings is 2. The second-order valence-corrected chi connectivity index (χ2v) is 8.47. The first-order valence-electron chi connectivity index (χ1n) is 10.9. The summed E-state index contributed by atoms with van der Waals surface area (Å²) in [7, 11) is 7.62. The van der Waals surface area contributed by atoms with E-state index in [2.05, 4.69) is 17.0 Å².